The standard InChI is InChI=1S/C13H24N2O/c1-14-6-7-15(2)12(10-14)9-13(16)8-11-4-3-5-11/h11-12H,3-10H2,1-2H3. The molecule has 1 saturated heterocycles. The maximum Gasteiger partial charge on any atom is 0.134 e. The number of hydrogen-bond donors (Lipinski definition) is 0. The molecule has 1 aliphatic carbocycles. The SMILES string of the molecule is CN1CCN(C)C(CC(=O)CC2CCC2)C1. The van der Waals surface area contributed by atoms with Gasteiger partial charge in [0.1, 0.15) is 5.78 Å². The van der Waals surface area contributed by atoms with E-state index in [0.717, 1.165) is 38.4 Å². The van der Waals surface area contributed by atoms with E-state index in [1.807, 2.05) is 0 Å². The summed E-state index contributed by atoms with van der Waals surface area (Å²) in [5.41, 5.74) is 0. The van der Waals surface area contributed by atoms with Gasteiger partial charge in [0, 0.05) is 38.5 Å². The molecule has 1 aliphatic heterocycles. The van der Waals surface area contributed by atoms with Crippen molar-refractivity contribution in [2.75, 3.05) is 33.7 Å². The van der Waals surface area contributed by atoms with Crippen LogP contribution in [0.4, 0.5) is 0 Å². The molecule has 2 fully saturated rings. The second kappa shape index (κ2) is 5.28. The zero-order valence-electron chi connectivity index (χ0n) is 10.6. The van der Waals surface area contributed by atoms with E-state index in [2.05, 4.69) is 23.9 Å². The summed E-state index contributed by atoms with van der Waals surface area (Å²) in [5, 5.41) is 0. The van der Waals surface area contributed by atoms with Gasteiger partial charge in [-0.25, -0.2) is 0 Å². The Balaban J connectivity index is 1.75. The number of rotatable bonds is 4. The van der Waals surface area contributed by atoms with Gasteiger partial charge < -0.3 is 9.80 Å². The molecule has 0 bridgehead atoms. The third-order valence-corrected chi connectivity index (χ3v) is 4.18. The van der Waals surface area contributed by atoms with Crippen LogP contribution in [0.15, 0.2) is 0 Å². The van der Waals surface area contributed by atoms with Crippen LogP contribution in [0.3, 0.4) is 0 Å². The summed E-state index contributed by atoms with van der Waals surface area (Å²) in [6.07, 6.45) is 5.51. The Morgan fingerprint density at radius 3 is 2.56 bits per heavy atom. The maximum atomic E-state index is 11.9. The van der Waals surface area contributed by atoms with Crippen LogP contribution in [-0.4, -0.2) is 55.4 Å². The Morgan fingerprint density at radius 1 is 1.19 bits per heavy atom. The molecular formula is C13H24N2O. The maximum absolute atomic E-state index is 11.9. The van der Waals surface area contributed by atoms with E-state index in [1.165, 1.54) is 19.3 Å². The largest absolute Gasteiger partial charge is 0.304 e. The van der Waals surface area contributed by atoms with Crippen molar-refractivity contribution in [3.8, 4) is 0 Å². The van der Waals surface area contributed by atoms with Crippen molar-refractivity contribution in [2.45, 2.75) is 38.1 Å². The van der Waals surface area contributed by atoms with Crippen LogP contribution in [0.1, 0.15) is 32.1 Å². The van der Waals surface area contributed by atoms with Gasteiger partial charge in [-0.3, -0.25) is 4.79 Å². The second-order valence-corrected chi connectivity index (χ2v) is 5.64. The molecule has 3 heteroatoms. The Bertz CT molecular complexity index is 250. The molecule has 0 aromatic rings. The molecule has 1 heterocycles. The summed E-state index contributed by atoms with van der Waals surface area (Å²) in [4.78, 5) is 16.6. The van der Waals surface area contributed by atoms with Gasteiger partial charge in [-0.2, -0.15) is 0 Å². The Morgan fingerprint density at radius 2 is 1.94 bits per heavy atom. The number of piperazine rings is 1. The average Bonchev–Trinajstić information content (AvgIpc) is 2.18. The van der Waals surface area contributed by atoms with Gasteiger partial charge in [0.2, 0.25) is 0 Å². The van der Waals surface area contributed by atoms with Crippen LogP contribution < -0.4 is 0 Å². The molecule has 2 aliphatic rings. The van der Waals surface area contributed by atoms with Crippen molar-refractivity contribution in [1.82, 2.24) is 9.80 Å². The molecule has 0 spiro atoms. The third-order valence-electron chi connectivity index (χ3n) is 4.18. The zero-order valence-corrected chi connectivity index (χ0v) is 10.6. The average molecular weight is 224 g/mol. The lowest BCUT2D eigenvalue weighted by Gasteiger charge is -2.37. The molecule has 1 saturated carbocycles. The topological polar surface area (TPSA) is 23.6 Å². The summed E-state index contributed by atoms with van der Waals surface area (Å²) in [6, 6.07) is 0.450. The van der Waals surface area contributed by atoms with Crippen molar-refractivity contribution < 1.29 is 4.79 Å². The molecule has 1 unspecified atom stereocenters. The predicted molar refractivity (Wildman–Crippen MR) is 65.5 cm³/mol. The first-order valence-electron chi connectivity index (χ1n) is 6.55. The van der Waals surface area contributed by atoms with Crippen LogP contribution in [0.5, 0.6) is 0 Å². The molecule has 0 N–H and O–H groups in total. The van der Waals surface area contributed by atoms with Crippen LogP contribution in [0.2, 0.25) is 0 Å². The fourth-order valence-electron chi connectivity index (χ4n) is 2.69. The predicted octanol–water partition coefficient (Wildman–Crippen LogP) is 1.38. The second-order valence-electron chi connectivity index (χ2n) is 5.64. The van der Waals surface area contributed by atoms with Crippen molar-refractivity contribution in [2.24, 2.45) is 5.92 Å². The number of hydrogen-bond acceptors (Lipinski definition) is 3. The molecule has 0 amide bonds. The van der Waals surface area contributed by atoms with E-state index < -0.39 is 0 Å². The van der Waals surface area contributed by atoms with Crippen molar-refractivity contribution in [1.29, 1.82) is 0 Å². The van der Waals surface area contributed by atoms with E-state index in [-0.39, 0.29) is 0 Å². The van der Waals surface area contributed by atoms with Crippen molar-refractivity contribution >= 4 is 5.78 Å². The first-order valence-corrected chi connectivity index (χ1v) is 6.55. The number of nitrogens with zero attached hydrogens (tertiary/aromatic N) is 2. The molecule has 0 aromatic carbocycles. The van der Waals surface area contributed by atoms with Gasteiger partial charge in [0.25, 0.3) is 0 Å². The Kier molecular flexibility index (Phi) is 3.98. The van der Waals surface area contributed by atoms with E-state index in [4.69, 9.17) is 0 Å². The number of carbonyl (C=O) groups is 1. The molecular weight excluding hydrogens is 200 g/mol. The fourth-order valence-corrected chi connectivity index (χ4v) is 2.69. The molecule has 92 valence electrons. The van der Waals surface area contributed by atoms with Crippen molar-refractivity contribution in [3.05, 3.63) is 0 Å². The fraction of sp³-hybridized carbons (Fsp3) is 0.923. The highest BCUT2D eigenvalue weighted by atomic mass is 16.1. The summed E-state index contributed by atoms with van der Waals surface area (Å²) in [5.74, 6) is 1.20. The van der Waals surface area contributed by atoms with Gasteiger partial charge in [-0.05, 0) is 20.0 Å². The lowest BCUT2D eigenvalue weighted by atomic mass is 9.81. The number of likely N-dealkylation sites (N-methyl/N-ethyl adjacent to an activating group) is 2. The third kappa shape index (κ3) is 3.05. The Hall–Kier alpha value is -0.410. The number of ketones is 1. The minimum Gasteiger partial charge on any atom is -0.304 e. The highest BCUT2D eigenvalue weighted by molar-refractivity contribution is 5.79. The monoisotopic (exact) mass is 224 g/mol. The van der Waals surface area contributed by atoms with Gasteiger partial charge in [0.05, 0.1) is 0 Å². The van der Waals surface area contributed by atoms with Crippen LogP contribution in [-0.2, 0) is 4.79 Å². The lowest BCUT2D eigenvalue weighted by molar-refractivity contribution is -0.122. The summed E-state index contributed by atoms with van der Waals surface area (Å²) in [6.45, 7) is 3.27. The Labute approximate surface area is 98.8 Å². The van der Waals surface area contributed by atoms with Crippen LogP contribution in [0.25, 0.3) is 0 Å². The van der Waals surface area contributed by atoms with Crippen LogP contribution in [0, 0.1) is 5.92 Å². The van der Waals surface area contributed by atoms with Gasteiger partial charge in [-0.1, -0.05) is 19.3 Å². The quantitative estimate of drug-likeness (QED) is 0.721. The molecule has 0 radical (unpaired) electrons. The lowest BCUT2D eigenvalue weighted by Crippen LogP contribution is -2.50. The van der Waals surface area contributed by atoms with E-state index >= 15 is 0 Å². The van der Waals surface area contributed by atoms with Gasteiger partial charge >= 0.3 is 0 Å². The van der Waals surface area contributed by atoms with E-state index in [1.54, 1.807) is 0 Å². The number of Topliss-reactive ketones (excluding diaryl/α,β-unsaturated/α-hetero) is 1. The summed E-state index contributed by atoms with van der Waals surface area (Å²) >= 11 is 0. The smallest absolute Gasteiger partial charge is 0.134 e. The minimum atomic E-state index is 0.450. The highest BCUT2D eigenvalue weighted by Crippen LogP contribution is 2.30. The van der Waals surface area contributed by atoms with Crippen LogP contribution >= 0.6 is 0 Å². The first-order chi connectivity index (χ1) is 7.65. The molecule has 16 heavy (non-hydrogen) atoms. The molecule has 2 rings (SSSR count). The number of carbonyl (C=O) groups excluding carboxylic acids is 1. The molecule has 1 atom stereocenters. The highest BCUT2D eigenvalue weighted by Gasteiger charge is 2.26. The van der Waals surface area contributed by atoms with Crippen molar-refractivity contribution in [3.63, 3.8) is 0 Å². The summed E-state index contributed by atoms with van der Waals surface area (Å²) in [7, 11) is 4.30. The molecule has 0 aromatic heterocycles. The normalized spacial score (nSPS) is 29.0. The van der Waals surface area contributed by atoms with E-state index in [0.29, 0.717) is 11.8 Å². The van der Waals surface area contributed by atoms with E-state index in [9.17, 15) is 4.79 Å². The zero-order chi connectivity index (χ0) is 11.5. The molecule has 3 nitrogen and oxygen atoms in total. The first kappa shape index (κ1) is 12.1. The van der Waals surface area contributed by atoms with Gasteiger partial charge in [0.15, 0.2) is 0 Å². The summed E-state index contributed by atoms with van der Waals surface area (Å²) < 4.78 is 0. The van der Waals surface area contributed by atoms with Gasteiger partial charge in [-0.15, -0.1) is 0 Å². The minimum absolute atomic E-state index is 0.450.